The van der Waals surface area contributed by atoms with Crippen LogP contribution in [-0.4, -0.2) is 5.96 Å². The van der Waals surface area contributed by atoms with Crippen molar-refractivity contribution < 1.29 is 0 Å². The lowest BCUT2D eigenvalue weighted by Crippen LogP contribution is -2.26. The van der Waals surface area contributed by atoms with Crippen LogP contribution in [0.5, 0.6) is 0 Å². The third-order valence-electron chi connectivity index (χ3n) is 0.357. The first kappa shape index (κ1) is 6.01. The number of nitrogens with one attached hydrogen (secondary N) is 2. The second kappa shape index (κ2) is 3.21. The summed E-state index contributed by atoms with van der Waals surface area (Å²) in [5, 5.41) is 9.00. The van der Waals surface area contributed by atoms with Crippen LogP contribution in [0.3, 0.4) is 0 Å². The summed E-state index contributed by atoms with van der Waals surface area (Å²) in [6.07, 6.45) is 1.52. The molecular formula is C4H8N3. The summed E-state index contributed by atoms with van der Waals surface area (Å²) >= 11 is 0. The molecule has 4 N–H and O–H groups in total. The van der Waals surface area contributed by atoms with Crippen molar-refractivity contribution in [2.75, 3.05) is 0 Å². The van der Waals surface area contributed by atoms with E-state index in [0.717, 1.165) is 0 Å². The molecule has 0 aliphatic rings. The summed E-state index contributed by atoms with van der Waals surface area (Å²) in [4.78, 5) is 0. The van der Waals surface area contributed by atoms with Crippen LogP contribution in [0.15, 0.2) is 12.7 Å². The monoisotopic (exact) mass is 100 g/mol. The minimum Gasteiger partial charge on any atom is -0.370 e. The molecule has 0 atom stereocenters. The van der Waals surface area contributed by atoms with Gasteiger partial charge < -0.3 is 11.1 Å². The van der Waals surface area contributed by atoms with Gasteiger partial charge in [-0.1, -0.05) is 6.08 Å². The molecule has 3 nitrogen and oxygen atoms in total. The van der Waals surface area contributed by atoms with Gasteiger partial charge in [-0.3, -0.25) is 5.41 Å². The summed E-state index contributed by atoms with van der Waals surface area (Å²) in [6, 6.07) is 0. The van der Waals surface area contributed by atoms with Crippen molar-refractivity contribution in [2.24, 2.45) is 5.73 Å². The van der Waals surface area contributed by atoms with Gasteiger partial charge in [-0.2, -0.15) is 0 Å². The average molecular weight is 100 g/mol. The van der Waals surface area contributed by atoms with Crippen molar-refractivity contribution in [3.63, 3.8) is 0 Å². The highest BCUT2D eigenvalue weighted by Crippen LogP contribution is 1.63. The van der Waals surface area contributed by atoms with E-state index in [1.54, 1.807) is 0 Å². The number of hydrogen-bond donors (Lipinski definition) is 3. The van der Waals surface area contributed by atoms with Crippen LogP contribution >= 0.6 is 0 Å². The van der Waals surface area contributed by atoms with Crippen molar-refractivity contribution >= 4 is 5.96 Å². The first-order chi connectivity index (χ1) is 3.27. The van der Waals surface area contributed by atoms with Gasteiger partial charge in [-0.05, 0) is 0 Å². The lowest BCUT2D eigenvalue weighted by Gasteiger charge is -1.93. The number of guanidine groups is 1. The summed E-state index contributed by atoms with van der Waals surface area (Å²) in [5.41, 5.74) is 4.87. The highest BCUT2D eigenvalue weighted by atomic mass is 15.7. The predicted octanol–water partition coefficient (Wildman–Crippen LogP) is -0.183. The van der Waals surface area contributed by atoms with E-state index in [-0.39, 0.29) is 5.96 Å². The van der Waals surface area contributed by atoms with Gasteiger partial charge in [-0.25, -0.2) is 0 Å². The van der Waals surface area contributed by atoms with E-state index < -0.39 is 0 Å². The highest BCUT2D eigenvalue weighted by Gasteiger charge is 1.77. The zero-order valence-electron chi connectivity index (χ0n) is 3.94. The molecule has 1 radical (unpaired) electrons. The molecule has 0 aliphatic heterocycles. The largest absolute Gasteiger partial charge is 0.370 e. The fourth-order valence-corrected chi connectivity index (χ4v) is 0.149. The standard InChI is InChI=1S/C4H8N3/c1-2-3-7-4(5)6/h2-3H,1H2,(H4,5,6,7)/i4+2. The van der Waals surface area contributed by atoms with Gasteiger partial charge in [0.25, 0.3) is 0 Å². The Kier molecular flexibility index (Phi) is 2.76. The van der Waals surface area contributed by atoms with Crippen LogP contribution in [0.2, 0.25) is 0 Å². The topological polar surface area (TPSA) is 61.9 Å². The molecule has 0 aromatic heterocycles. The van der Waals surface area contributed by atoms with Crippen molar-refractivity contribution in [3.8, 4) is 0 Å². The summed E-state index contributed by atoms with van der Waals surface area (Å²) in [6.45, 7) is 4.85. The zero-order valence-corrected chi connectivity index (χ0v) is 3.94. The molecule has 0 unspecified atom stereocenters. The summed E-state index contributed by atoms with van der Waals surface area (Å²) in [5.74, 6) is -0.0695. The molecule has 0 rings (SSSR count). The Bertz CT molecular complexity index is 77.0. The van der Waals surface area contributed by atoms with Gasteiger partial charge in [-0.15, -0.1) is 6.58 Å². The van der Waals surface area contributed by atoms with Gasteiger partial charge in [0.1, 0.15) is 0 Å². The fourth-order valence-electron chi connectivity index (χ4n) is 0.149. The Morgan fingerprint density at radius 1 is 1.86 bits per heavy atom. The van der Waals surface area contributed by atoms with Crippen LogP contribution in [0.1, 0.15) is 0 Å². The van der Waals surface area contributed by atoms with Crippen molar-refractivity contribution in [1.82, 2.24) is 5.32 Å². The fraction of sp³-hybridized carbons (Fsp3) is 0. The quantitative estimate of drug-likeness (QED) is 0.333. The molecule has 0 fully saturated rings. The molecule has 0 aromatic carbocycles. The molecule has 0 saturated heterocycles. The van der Waals surface area contributed by atoms with Gasteiger partial charge >= 0.3 is 0 Å². The Morgan fingerprint density at radius 3 is 2.57 bits per heavy atom. The van der Waals surface area contributed by atoms with E-state index in [2.05, 4.69) is 11.9 Å². The summed E-state index contributed by atoms with van der Waals surface area (Å²) in [7, 11) is 0. The normalized spacial score (nSPS) is 7.43. The van der Waals surface area contributed by atoms with Gasteiger partial charge in [0.2, 0.25) is 0 Å². The smallest absolute Gasteiger partial charge is 0.186 e. The Balaban J connectivity index is 2.97. The first-order valence-corrected chi connectivity index (χ1v) is 1.82. The molecule has 3 heteroatoms. The first-order valence-electron chi connectivity index (χ1n) is 1.82. The Hall–Kier alpha value is -0.990. The van der Waals surface area contributed by atoms with Crippen molar-refractivity contribution in [1.29, 1.82) is 5.41 Å². The molecule has 7 heavy (non-hydrogen) atoms. The van der Waals surface area contributed by atoms with Gasteiger partial charge in [0, 0.05) is 0 Å². The number of rotatable bonds is 2. The SMILES string of the molecule is C=C[CH]N[14C](=N)N. The van der Waals surface area contributed by atoms with Crippen LogP contribution in [0.25, 0.3) is 0 Å². The lowest BCUT2D eigenvalue weighted by atomic mass is 10.7. The van der Waals surface area contributed by atoms with E-state index in [9.17, 15) is 0 Å². The molecular weight excluding hydrogens is 92.1 g/mol. The van der Waals surface area contributed by atoms with Crippen LogP contribution < -0.4 is 11.1 Å². The predicted molar refractivity (Wildman–Crippen MR) is 29.5 cm³/mol. The minimum atomic E-state index is -0.0695. The molecule has 0 saturated carbocycles. The van der Waals surface area contributed by atoms with E-state index in [0.29, 0.717) is 0 Å². The molecule has 39 valence electrons. The Labute approximate surface area is 42.7 Å². The minimum absolute atomic E-state index is 0.0695. The van der Waals surface area contributed by atoms with E-state index in [1.165, 1.54) is 12.6 Å². The lowest BCUT2D eigenvalue weighted by molar-refractivity contribution is 1.12. The van der Waals surface area contributed by atoms with Crippen molar-refractivity contribution in [3.05, 3.63) is 19.2 Å². The Morgan fingerprint density at radius 2 is 2.43 bits per heavy atom. The molecule has 0 amide bonds. The van der Waals surface area contributed by atoms with Crippen LogP contribution in [0.4, 0.5) is 0 Å². The molecule has 0 spiro atoms. The van der Waals surface area contributed by atoms with Gasteiger partial charge in [0.15, 0.2) is 5.96 Å². The maximum absolute atomic E-state index is 6.59. The van der Waals surface area contributed by atoms with Crippen molar-refractivity contribution in [2.45, 2.75) is 0 Å². The van der Waals surface area contributed by atoms with Crippen LogP contribution in [-0.2, 0) is 0 Å². The molecule has 0 aliphatic carbocycles. The van der Waals surface area contributed by atoms with E-state index >= 15 is 0 Å². The maximum atomic E-state index is 6.59. The third-order valence-corrected chi connectivity index (χ3v) is 0.357. The zero-order chi connectivity index (χ0) is 5.70. The highest BCUT2D eigenvalue weighted by molar-refractivity contribution is 5.75. The third kappa shape index (κ3) is 5.01. The molecule has 0 bridgehead atoms. The molecule has 0 heterocycles. The van der Waals surface area contributed by atoms with E-state index in [1.807, 2.05) is 0 Å². The second-order valence-electron chi connectivity index (χ2n) is 0.960. The number of hydrogen-bond acceptors (Lipinski definition) is 1. The number of nitrogens with two attached hydrogens (primary N) is 1. The summed E-state index contributed by atoms with van der Waals surface area (Å²) < 4.78 is 0. The molecule has 0 aromatic rings. The van der Waals surface area contributed by atoms with Gasteiger partial charge in [0.05, 0.1) is 6.54 Å². The van der Waals surface area contributed by atoms with E-state index in [4.69, 9.17) is 11.1 Å². The average Bonchev–Trinajstić information content (AvgIpc) is 1.61. The second-order valence-corrected chi connectivity index (χ2v) is 0.960. The maximum Gasteiger partial charge on any atom is 0.186 e. The van der Waals surface area contributed by atoms with Crippen LogP contribution in [0, 0.1) is 12.0 Å².